The molecule has 4 atom stereocenters. The number of nitrogens with zero attached hydrogens (tertiary/aromatic N) is 1. The summed E-state index contributed by atoms with van der Waals surface area (Å²) in [6.45, 7) is 8.27. The van der Waals surface area contributed by atoms with Crippen LogP contribution in [0.5, 0.6) is 0 Å². The maximum Gasteiger partial charge on any atom is 0.240 e. The Hall–Kier alpha value is -0.610. The lowest BCUT2D eigenvalue weighted by molar-refractivity contribution is -0.139. The minimum Gasteiger partial charge on any atom is -0.391 e. The van der Waals surface area contributed by atoms with Gasteiger partial charge in [0, 0.05) is 18.1 Å². The highest BCUT2D eigenvalue weighted by Gasteiger charge is 2.40. The zero-order valence-corrected chi connectivity index (χ0v) is 13.3. The maximum atomic E-state index is 12.7. The second kappa shape index (κ2) is 6.44. The zero-order chi connectivity index (χ0) is 14.9. The molecule has 0 radical (unpaired) electrons. The summed E-state index contributed by atoms with van der Waals surface area (Å²) in [5.74, 6) is 0.751. The lowest BCUT2D eigenvalue weighted by Crippen LogP contribution is -2.61. The van der Waals surface area contributed by atoms with Crippen molar-refractivity contribution in [2.45, 2.75) is 90.1 Å². The Morgan fingerprint density at radius 2 is 1.75 bits per heavy atom. The van der Waals surface area contributed by atoms with Gasteiger partial charge in [-0.15, -0.1) is 0 Å². The van der Waals surface area contributed by atoms with Crippen molar-refractivity contribution >= 4 is 5.91 Å². The van der Waals surface area contributed by atoms with Crippen molar-refractivity contribution in [3.8, 4) is 0 Å². The number of aliphatic hydroxyl groups is 1. The molecule has 1 aliphatic heterocycles. The van der Waals surface area contributed by atoms with Crippen molar-refractivity contribution in [1.29, 1.82) is 0 Å². The Labute approximate surface area is 122 Å². The van der Waals surface area contributed by atoms with E-state index in [2.05, 4.69) is 33.0 Å². The summed E-state index contributed by atoms with van der Waals surface area (Å²) >= 11 is 0. The molecule has 2 N–H and O–H groups in total. The molecule has 0 aromatic carbocycles. The van der Waals surface area contributed by atoms with Gasteiger partial charge in [-0.05, 0) is 59.3 Å². The highest BCUT2D eigenvalue weighted by atomic mass is 16.3. The minimum atomic E-state index is -0.282. The first kappa shape index (κ1) is 15.8. The number of piperidine rings is 1. The van der Waals surface area contributed by atoms with E-state index in [1.165, 1.54) is 6.42 Å². The molecular formula is C16H30N2O2. The van der Waals surface area contributed by atoms with Gasteiger partial charge in [0.25, 0.3) is 0 Å². The summed E-state index contributed by atoms with van der Waals surface area (Å²) in [7, 11) is 0. The Morgan fingerprint density at radius 3 is 2.35 bits per heavy atom. The molecule has 4 unspecified atom stereocenters. The van der Waals surface area contributed by atoms with Gasteiger partial charge < -0.3 is 15.3 Å². The quantitative estimate of drug-likeness (QED) is 0.831. The first-order valence-corrected chi connectivity index (χ1v) is 8.18. The summed E-state index contributed by atoms with van der Waals surface area (Å²) < 4.78 is 0. The molecule has 4 heteroatoms. The third-order valence-corrected chi connectivity index (χ3v) is 4.88. The average Bonchev–Trinajstić information content (AvgIpc) is 2.38. The van der Waals surface area contributed by atoms with E-state index in [1.54, 1.807) is 0 Å². The SMILES string of the molecule is CC(C)N(C(=O)C1CCC2CCCC(O)C2N1)C(C)C. The van der Waals surface area contributed by atoms with Gasteiger partial charge >= 0.3 is 0 Å². The van der Waals surface area contributed by atoms with E-state index in [0.717, 1.165) is 25.7 Å². The Bertz CT molecular complexity index is 335. The molecule has 4 nitrogen and oxygen atoms in total. The van der Waals surface area contributed by atoms with E-state index >= 15 is 0 Å². The van der Waals surface area contributed by atoms with E-state index in [1.807, 2.05) is 4.90 Å². The predicted molar refractivity (Wildman–Crippen MR) is 80.4 cm³/mol. The van der Waals surface area contributed by atoms with Gasteiger partial charge in [0.1, 0.15) is 0 Å². The second-order valence-corrected chi connectivity index (χ2v) is 7.01. The van der Waals surface area contributed by atoms with Crippen molar-refractivity contribution in [2.75, 3.05) is 0 Å². The lowest BCUT2D eigenvalue weighted by Gasteiger charge is -2.44. The molecule has 1 aliphatic carbocycles. The lowest BCUT2D eigenvalue weighted by atomic mass is 9.76. The number of rotatable bonds is 3. The molecule has 1 saturated heterocycles. The third-order valence-electron chi connectivity index (χ3n) is 4.88. The largest absolute Gasteiger partial charge is 0.391 e. The van der Waals surface area contributed by atoms with Crippen LogP contribution in [0, 0.1) is 5.92 Å². The second-order valence-electron chi connectivity index (χ2n) is 7.01. The molecule has 20 heavy (non-hydrogen) atoms. The van der Waals surface area contributed by atoms with E-state index < -0.39 is 0 Å². The molecular weight excluding hydrogens is 252 g/mol. The van der Waals surface area contributed by atoms with Crippen LogP contribution in [-0.2, 0) is 4.79 Å². The van der Waals surface area contributed by atoms with E-state index in [0.29, 0.717) is 5.92 Å². The van der Waals surface area contributed by atoms with Crippen LogP contribution < -0.4 is 5.32 Å². The van der Waals surface area contributed by atoms with Crippen molar-refractivity contribution in [3.05, 3.63) is 0 Å². The summed E-state index contributed by atoms with van der Waals surface area (Å²) in [5.41, 5.74) is 0. The van der Waals surface area contributed by atoms with Gasteiger partial charge in [-0.25, -0.2) is 0 Å². The van der Waals surface area contributed by atoms with E-state index in [9.17, 15) is 9.90 Å². The van der Waals surface area contributed by atoms with E-state index in [-0.39, 0.29) is 36.2 Å². The smallest absolute Gasteiger partial charge is 0.240 e. The van der Waals surface area contributed by atoms with Gasteiger partial charge in [0.05, 0.1) is 12.1 Å². The van der Waals surface area contributed by atoms with Crippen molar-refractivity contribution < 1.29 is 9.90 Å². The molecule has 0 spiro atoms. The van der Waals surface area contributed by atoms with Gasteiger partial charge in [0.2, 0.25) is 5.91 Å². The Morgan fingerprint density at radius 1 is 1.10 bits per heavy atom. The molecule has 0 aromatic rings. The summed E-state index contributed by atoms with van der Waals surface area (Å²) in [4.78, 5) is 14.7. The average molecular weight is 282 g/mol. The number of hydrogen-bond donors (Lipinski definition) is 2. The Kier molecular flexibility index (Phi) is 5.08. The first-order chi connectivity index (χ1) is 9.41. The van der Waals surface area contributed by atoms with Crippen molar-refractivity contribution in [3.63, 3.8) is 0 Å². The number of amides is 1. The van der Waals surface area contributed by atoms with Crippen LogP contribution in [0.25, 0.3) is 0 Å². The topological polar surface area (TPSA) is 52.6 Å². The van der Waals surface area contributed by atoms with Crippen LogP contribution >= 0.6 is 0 Å². The number of carbonyl (C=O) groups is 1. The maximum absolute atomic E-state index is 12.7. The van der Waals surface area contributed by atoms with Crippen LogP contribution in [0.15, 0.2) is 0 Å². The highest BCUT2D eigenvalue weighted by Crippen LogP contribution is 2.33. The molecule has 2 fully saturated rings. The van der Waals surface area contributed by atoms with Gasteiger partial charge in [0.15, 0.2) is 0 Å². The molecule has 0 aromatic heterocycles. The first-order valence-electron chi connectivity index (χ1n) is 8.18. The van der Waals surface area contributed by atoms with Crippen molar-refractivity contribution in [1.82, 2.24) is 10.2 Å². The summed E-state index contributed by atoms with van der Waals surface area (Å²) in [6, 6.07) is 0.443. The number of aliphatic hydroxyl groups excluding tert-OH is 1. The molecule has 1 heterocycles. The van der Waals surface area contributed by atoms with Gasteiger partial charge in [-0.3, -0.25) is 4.79 Å². The van der Waals surface area contributed by atoms with Crippen molar-refractivity contribution in [2.24, 2.45) is 5.92 Å². The fourth-order valence-corrected chi connectivity index (χ4v) is 4.01. The van der Waals surface area contributed by atoms with E-state index in [4.69, 9.17) is 0 Å². The zero-order valence-electron chi connectivity index (χ0n) is 13.3. The molecule has 1 saturated carbocycles. The minimum absolute atomic E-state index is 0.117. The summed E-state index contributed by atoms with van der Waals surface area (Å²) in [5, 5.41) is 13.6. The molecule has 1 amide bonds. The normalized spacial score (nSPS) is 34.1. The molecule has 0 bridgehead atoms. The van der Waals surface area contributed by atoms with Crippen LogP contribution in [0.3, 0.4) is 0 Å². The predicted octanol–water partition coefficient (Wildman–Crippen LogP) is 1.91. The number of fused-ring (bicyclic) bond motifs is 1. The monoisotopic (exact) mass is 282 g/mol. The van der Waals surface area contributed by atoms with Crippen LogP contribution in [0.4, 0.5) is 0 Å². The van der Waals surface area contributed by atoms with Crippen LogP contribution in [-0.4, -0.2) is 46.2 Å². The van der Waals surface area contributed by atoms with Crippen LogP contribution in [0.1, 0.15) is 59.8 Å². The van der Waals surface area contributed by atoms with Gasteiger partial charge in [-0.2, -0.15) is 0 Å². The Balaban J connectivity index is 2.04. The fourth-order valence-electron chi connectivity index (χ4n) is 4.01. The molecule has 2 aliphatic rings. The van der Waals surface area contributed by atoms with Gasteiger partial charge in [-0.1, -0.05) is 6.42 Å². The van der Waals surface area contributed by atoms with Crippen LogP contribution in [0.2, 0.25) is 0 Å². The molecule has 2 rings (SSSR count). The number of nitrogens with one attached hydrogen (secondary N) is 1. The number of carbonyl (C=O) groups excluding carboxylic acids is 1. The molecule has 116 valence electrons. The standard InChI is InChI=1S/C16H30N2O2/c1-10(2)18(11(3)4)16(20)13-9-8-12-6-5-7-14(19)15(12)17-13/h10-15,17,19H,5-9H2,1-4H3. The third kappa shape index (κ3) is 3.17. The fraction of sp³-hybridized carbons (Fsp3) is 0.938. The number of hydrogen-bond acceptors (Lipinski definition) is 3. The highest BCUT2D eigenvalue weighted by molar-refractivity contribution is 5.82. The summed E-state index contributed by atoms with van der Waals surface area (Å²) in [6.07, 6.45) is 4.86.